The van der Waals surface area contributed by atoms with E-state index in [4.69, 9.17) is 20.8 Å². The number of carbonyl (C=O) groups excluding carboxylic acids is 1. The summed E-state index contributed by atoms with van der Waals surface area (Å²) in [7, 11) is 0. The number of amides is 1. The highest BCUT2D eigenvalue weighted by Gasteiger charge is 2.10. The molecule has 1 amide bonds. The molecule has 0 bridgehead atoms. The van der Waals surface area contributed by atoms with Gasteiger partial charge in [0.15, 0.2) is 0 Å². The summed E-state index contributed by atoms with van der Waals surface area (Å²) in [5.41, 5.74) is 2.63. The van der Waals surface area contributed by atoms with Gasteiger partial charge in [-0.3, -0.25) is 4.79 Å². The van der Waals surface area contributed by atoms with E-state index in [1.54, 1.807) is 24.3 Å². The second-order valence-electron chi connectivity index (χ2n) is 6.96. The van der Waals surface area contributed by atoms with Gasteiger partial charge in [-0.05, 0) is 48.0 Å². The van der Waals surface area contributed by atoms with E-state index in [1.165, 1.54) is 11.8 Å². The Hall–Kier alpha value is -3.49. The molecule has 0 aliphatic rings. The van der Waals surface area contributed by atoms with Crippen LogP contribution in [0.1, 0.15) is 11.5 Å². The van der Waals surface area contributed by atoms with E-state index in [-0.39, 0.29) is 11.7 Å². The molecule has 2 N–H and O–H groups in total. The van der Waals surface area contributed by atoms with Crippen LogP contribution in [0.25, 0.3) is 0 Å². The average molecular weight is 481 g/mol. The molecule has 33 heavy (non-hydrogen) atoms. The lowest BCUT2D eigenvalue weighted by Crippen LogP contribution is -2.13. The Kier molecular flexibility index (Phi) is 7.84. The highest BCUT2D eigenvalue weighted by atomic mass is 35.5. The van der Waals surface area contributed by atoms with Gasteiger partial charge in [0, 0.05) is 16.4 Å². The Labute approximate surface area is 200 Å². The lowest BCUT2D eigenvalue weighted by atomic mass is 10.2. The summed E-state index contributed by atoms with van der Waals surface area (Å²) < 4.78 is 11.3. The molecule has 0 fully saturated rings. The summed E-state index contributed by atoms with van der Waals surface area (Å²) in [6, 6.07) is 24.5. The van der Waals surface area contributed by atoms with Crippen molar-refractivity contribution >= 4 is 40.6 Å². The lowest BCUT2D eigenvalue weighted by Gasteiger charge is -2.08. The topological polar surface area (TPSA) is 89.3 Å². The van der Waals surface area contributed by atoms with Crippen molar-refractivity contribution in [2.75, 3.05) is 16.4 Å². The zero-order chi connectivity index (χ0) is 22.9. The normalized spacial score (nSPS) is 10.6. The van der Waals surface area contributed by atoms with E-state index in [0.29, 0.717) is 35.0 Å². The molecule has 0 aliphatic carbocycles. The van der Waals surface area contributed by atoms with Crippen molar-refractivity contribution in [3.8, 4) is 5.75 Å². The number of thioether (sulfide) groups is 1. The third-order valence-corrected chi connectivity index (χ3v) is 5.48. The van der Waals surface area contributed by atoms with Crippen molar-refractivity contribution in [3.63, 3.8) is 0 Å². The Morgan fingerprint density at radius 1 is 0.970 bits per heavy atom. The van der Waals surface area contributed by atoms with Crippen LogP contribution in [0.5, 0.6) is 5.75 Å². The summed E-state index contributed by atoms with van der Waals surface area (Å²) in [4.78, 5) is 12.3. The maximum absolute atomic E-state index is 12.3. The first-order chi connectivity index (χ1) is 16.1. The standard InChI is InChI=1S/C24H21ClN4O3S/c25-18-7-4-8-20(13-18)26-14-23-28-29-24(32-23)33-16-22(30)27-19-9-11-21(12-10-19)31-15-17-5-2-1-3-6-17/h1-13,26H,14-16H2,(H,27,30). The van der Waals surface area contributed by atoms with Gasteiger partial charge in [-0.25, -0.2) is 0 Å². The smallest absolute Gasteiger partial charge is 0.277 e. The third kappa shape index (κ3) is 7.27. The molecule has 0 saturated carbocycles. The Morgan fingerprint density at radius 3 is 2.58 bits per heavy atom. The molecule has 0 unspecified atom stereocenters. The van der Waals surface area contributed by atoms with Crippen molar-refractivity contribution in [1.29, 1.82) is 0 Å². The van der Waals surface area contributed by atoms with Crippen molar-refractivity contribution in [2.24, 2.45) is 0 Å². The summed E-state index contributed by atoms with van der Waals surface area (Å²) in [5.74, 6) is 1.13. The molecular weight excluding hydrogens is 460 g/mol. The van der Waals surface area contributed by atoms with Gasteiger partial charge in [-0.1, -0.05) is 59.8 Å². The fourth-order valence-corrected chi connectivity index (χ4v) is 3.61. The monoisotopic (exact) mass is 480 g/mol. The van der Waals surface area contributed by atoms with E-state index in [2.05, 4.69) is 20.8 Å². The van der Waals surface area contributed by atoms with Gasteiger partial charge >= 0.3 is 0 Å². The first-order valence-corrected chi connectivity index (χ1v) is 11.5. The van der Waals surface area contributed by atoms with Crippen molar-refractivity contribution < 1.29 is 13.9 Å². The third-order valence-electron chi connectivity index (χ3n) is 4.43. The van der Waals surface area contributed by atoms with Crippen LogP contribution >= 0.6 is 23.4 Å². The largest absolute Gasteiger partial charge is 0.489 e. The van der Waals surface area contributed by atoms with Gasteiger partial charge in [0.2, 0.25) is 11.8 Å². The predicted octanol–water partition coefficient (Wildman–Crippen LogP) is 5.64. The summed E-state index contributed by atoms with van der Waals surface area (Å²) >= 11 is 7.14. The quantitative estimate of drug-likeness (QED) is 0.284. The zero-order valence-electron chi connectivity index (χ0n) is 17.5. The van der Waals surface area contributed by atoms with Gasteiger partial charge in [-0.2, -0.15) is 0 Å². The maximum Gasteiger partial charge on any atom is 0.277 e. The van der Waals surface area contributed by atoms with Crippen LogP contribution in [0.4, 0.5) is 11.4 Å². The number of nitrogens with one attached hydrogen (secondary N) is 2. The number of halogens is 1. The number of hydrogen-bond donors (Lipinski definition) is 2. The van der Waals surface area contributed by atoms with Gasteiger partial charge in [0.25, 0.3) is 5.22 Å². The SMILES string of the molecule is O=C(CSc1nnc(CNc2cccc(Cl)c2)o1)Nc1ccc(OCc2ccccc2)cc1. The highest BCUT2D eigenvalue weighted by molar-refractivity contribution is 7.99. The summed E-state index contributed by atoms with van der Waals surface area (Å²) in [6.07, 6.45) is 0. The summed E-state index contributed by atoms with van der Waals surface area (Å²) in [5, 5.41) is 14.9. The second-order valence-corrected chi connectivity index (χ2v) is 8.32. The number of anilines is 2. The van der Waals surface area contributed by atoms with Crippen LogP contribution in [-0.4, -0.2) is 21.9 Å². The van der Waals surface area contributed by atoms with Crippen LogP contribution in [0.15, 0.2) is 88.5 Å². The molecule has 0 saturated heterocycles. The number of carbonyl (C=O) groups is 1. The molecule has 7 nitrogen and oxygen atoms in total. The summed E-state index contributed by atoms with van der Waals surface area (Å²) in [6.45, 7) is 0.850. The van der Waals surface area contributed by atoms with Crippen LogP contribution in [0.3, 0.4) is 0 Å². The fraction of sp³-hybridized carbons (Fsp3) is 0.125. The van der Waals surface area contributed by atoms with E-state index in [9.17, 15) is 4.79 Å². The molecule has 1 aromatic heterocycles. The highest BCUT2D eigenvalue weighted by Crippen LogP contribution is 2.20. The Morgan fingerprint density at radius 2 is 1.79 bits per heavy atom. The Balaban J connectivity index is 1.19. The molecule has 0 spiro atoms. The van der Waals surface area contributed by atoms with Crippen molar-refractivity contribution in [1.82, 2.24) is 10.2 Å². The Bertz CT molecular complexity index is 1190. The van der Waals surface area contributed by atoms with E-state index >= 15 is 0 Å². The average Bonchev–Trinajstić information content (AvgIpc) is 3.30. The molecule has 0 atom stereocenters. The second kappa shape index (κ2) is 11.4. The number of aromatic nitrogens is 2. The zero-order valence-corrected chi connectivity index (χ0v) is 19.1. The van der Waals surface area contributed by atoms with E-state index in [0.717, 1.165) is 17.0 Å². The molecule has 168 valence electrons. The van der Waals surface area contributed by atoms with Crippen LogP contribution in [-0.2, 0) is 17.9 Å². The molecule has 0 radical (unpaired) electrons. The molecule has 0 aliphatic heterocycles. The van der Waals surface area contributed by atoms with Gasteiger partial charge in [-0.15, -0.1) is 10.2 Å². The van der Waals surface area contributed by atoms with Gasteiger partial charge in [0.1, 0.15) is 12.4 Å². The predicted molar refractivity (Wildman–Crippen MR) is 130 cm³/mol. The minimum Gasteiger partial charge on any atom is -0.489 e. The maximum atomic E-state index is 12.3. The number of nitrogens with zero attached hydrogens (tertiary/aromatic N) is 2. The lowest BCUT2D eigenvalue weighted by molar-refractivity contribution is -0.113. The number of hydrogen-bond acceptors (Lipinski definition) is 7. The molecule has 4 aromatic rings. The van der Waals surface area contributed by atoms with Gasteiger partial charge < -0.3 is 19.8 Å². The number of rotatable bonds is 10. The molecule has 9 heteroatoms. The van der Waals surface area contributed by atoms with Crippen LogP contribution in [0.2, 0.25) is 5.02 Å². The first-order valence-electron chi connectivity index (χ1n) is 10.2. The van der Waals surface area contributed by atoms with Crippen molar-refractivity contribution in [2.45, 2.75) is 18.4 Å². The number of benzene rings is 3. The van der Waals surface area contributed by atoms with Crippen LogP contribution < -0.4 is 15.4 Å². The first kappa shape index (κ1) is 22.7. The molecular formula is C24H21ClN4O3S. The van der Waals surface area contributed by atoms with E-state index < -0.39 is 0 Å². The molecule has 1 heterocycles. The minimum absolute atomic E-state index is 0.148. The molecule has 4 rings (SSSR count). The van der Waals surface area contributed by atoms with Crippen molar-refractivity contribution in [3.05, 3.63) is 95.3 Å². The van der Waals surface area contributed by atoms with Crippen LogP contribution in [0, 0.1) is 0 Å². The molecule has 3 aromatic carbocycles. The number of ether oxygens (including phenoxy) is 1. The van der Waals surface area contributed by atoms with Gasteiger partial charge in [0.05, 0.1) is 12.3 Å². The van der Waals surface area contributed by atoms with E-state index in [1.807, 2.05) is 54.6 Å². The fourth-order valence-electron chi connectivity index (χ4n) is 2.84. The minimum atomic E-state index is -0.172.